The Morgan fingerprint density at radius 3 is 2.32 bits per heavy atom. The summed E-state index contributed by atoms with van der Waals surface area (Å²) in [5.74, 6) is 1.68. The van der Waals surface area contributed by atoms with Crippen molar-refractivity contribution in [1.29, 1.82) is 0 Å². The van der Waals surface area contributed by atoms with E-state index in [0.29, 0.717) is 19.6 Å². The summed E-state index contributed by atoms with van der Waals surface area (Å²) in [5, 5.41) is 0. The smallest absolute Gasteiger partial charge is 0.240 e. The molecule has 22 heavy (non-hydrogen) atoms. The van der Waals surface area contributed by atoms with Gasteiger partial charge in [-0.15, -0.1) is 0 Å². The molecule has 1 saturated heterocycles. The normalized spacial score (nSPS) is 18.5. The number of piperazine rings is 1. The average molecular weight is 308 g/mol. The van der Waals surface area contributed by atoms with E-state index in [2.05, 4.69) is 9.88 Å². The first-order chi connectivity index (χ1) is 10.2. The van der Waals surface area contributed by atoms with Crippen LogP contribution in [0.15, 0.2) is 4.42 Å². The van der Waals surface area contributed by atoms with Crippen LogP contribution in [0.4, 0.5) is 0 Å². The molecule has 6 heteroatoms. The first-order valence-electron chi connectivity index (χ1n) is 7.88. The fraction of sp³-hybridized carbons (Fsp3) is 0.750. The van der Waals surface area contributed by atoms with Gasteiger partial charge in [-0.3, -0.25) is 9.69 Å². The topological polar surface area (TPSA) is 75.6 Å². The number of aryl methyl sites for hydroxylation is 2. The molecule has 1 atom stereocenters. The number of carbonyl (C=O) groups excluding carboxylic acids is 1. The van der Waals surface area contributed by atoms with Crippen molar-refractivity contribution >= 4 is 5.91 Å². The zero-order chi connectivity index (χ0) is 16.5. The van der Waals surface area contributed by atoms with Crippen molar-refractivity contribution in [3.05, 3.63) is 17.3 Å². The maximum absolute atomic E-state index is 12.4. The predicted molar refractivity (Wildman–Crippen MR) is 85.3 cm³/mol. The Morgan fingerprint density at radius 1 is 1.27 bits per heavy atom. The minimum Gasteiger partial charge on any atom is -0.444 e. The third-order valence-corrected chi connectivity index (χ3v) is 4.31. The van der Waals surface area contributed by atoms with Crippen molar-refractivity contribution < 1.29 is 9.21 Å². The van der Waals surface area contributed by atoms with E-state index < -0.39 is 6.04 Å². The molecule has 2 N–H and O–H groups in total. The van der Waals surface area contributed by atoms with Gasteiger partial charge in [-0.1, -0.05) is 20.8 Å². The first kappa shape index (κ1) is 17.0. The third-order valence-electron chi connectivity index (χ3n) is 4.31. The van der Waals surface area contributed by atoms with Crippen molar-refractivity contribution in [1.82, 2.24) is 14.8 Å². The van der Waals surface area contributed by atoms with Crippen LogP contribution in [0.25, 0.3) is 0 Å². The highest BCUT2D eigenvalue weighted by molar-refractivity contribution is 5.82. The molecule has 0 bridgehead atoms. The maximum atomic E-state index is 12.4. The van der Waals surface area contributed by atoms with Gasteiger partial charge >= 0.3 is 0 Å². The summed E-state index contributed by atoms with van der Waals surface area (Å²) in [6.45, 7) is 13.6. The van der Waals surface area contributed by atoms with Gasteiger partial charge in [0.05, 0.1) is 18.3 Å². The second-order valence-electron chi connectivity index (χ2n) is 7.19. The minimum atomic E-state index is -0.448. The highest BCUT2D eigenvalue weighted by Crippen LogP contribution is 2.20. The van der Waals surface area contributed by atoms with Gasteiger partial charge in [-0.2, -0.15) is 0 Å². The van der Waals surface area contributed by atoms with E-state index in [0.717, 1.165) is 30.4 Å². The van der Waals surface area contributed by atoms with E-state index in [-0.39, 0.29) is 11.3 Å². The van der Waals surface area contributed by atoms with Gasteiger partial charge in [0, 0.05) is 26.2 Å². The van der Waals surface area contributed by atoms with Crippen LogP contribution < -0.4 is 5.73 Å². The number of nitrogens with two attached hydrogens (primary N) is 1. The lowest BCUT2D eigenvalue weighted by Gasteiger charge is -2.37. The van der Waals surface area contributed by atoms with E-state index in [1.165, 1.54) is 0 Å². The van der Waals surface area contributed by atoms with Gasteiger partial charge < -0.3 is 15.1 Å². The second kappa shape index (κ2) is 6.38. The Balaban J connectivity index is 1.86. The molecule has 0 aromatic carbocycles. The molecular formula is C16H28N4O2. The van der Waals surface area contributed by atoms with Crippen LogP contribution >= 0.6 is 0 Å². The van der Waals surface area contributed by atoms with E-state index >= 15 is 0 Å². The molecule has 1 amide bonds. The van der Waals surface area contributed by atoms with E-state index in [9.17, 15) is 4.79 Å². The molecule has 0 aliphatic carbocycles. The van der Waals surface area contributed by atoms with Crippen LogP contribution in [0.5, 0.6) is 0 Å². The van der Waals surface area contributed by atoms with Crippen LogP contribution in [-0.4, -0.2) is 52.9 Å². The van der Waals surface area contributed by atoms with E-state index in [1.54, 1.807) is 0 Å². The number of hydrogen-bond donors (Lipinski definition) is 1. The second-order valence-corrected chi connectivity index (χ2v) is 7.19. The van der Waals surface area contributed by atoms with Crippen molar-refractivity contribution in [2.75, 3.05) is 26.2 Å². The van der Waals surface area contributed by atoms with Crippen LogP contribution in [0.3, 0.4) is 0 Å². The molecule has 124 valence electrons. The fourth-order valence-electron chi connectivity index (χ4n) is 2.49. The maximum Gasteiger partial charge on any atom is 0.240 e. The summed E-state index contributed by atoms with van der Waals surface area (Å²) < 4.78 is 5.62. The highest BCUT2D eigenvalue weighted by atomic mass is 16.4. The standard InChI is InChI=1S/C16H28N4O2/c1-11-12(2)22-13(18-11)10-19-6-8-20(9-7-19)15(21)14(17)16(3,4)5/h14H,6-10,17H2,1-5H3/t14-/m0/s1. The molecular weight excluding hydrogens is 280 g/mol. The third kappa shape index (κ3) is 3.87. The molecule has 0 radical (unpaired) electrons. The summed E-state index contributed by atoms with van der Waals surface area (Å²) >= 11 is 0. The molecule has 1 fully saturated rings. The van der Waals surface area contributed by atoms with Crippen LogP contribution in [0, 0.1) is 19.3 Å². The Hall–Kier alpha value is -1.40. The molecule has 6 nitrogen and oxygen atoms in total. The number of nitrogens with zero attached hydrogens (tertiary/aromatic N) is 3. The van der Waals surface area contributed by atoms with Crippen molar-refractivity contribution in [2.24, 2.45) is 11.1 Å². The Labute approximate surface area is 132 Å². The molecule has 0 unspecified atom stereocenters. The number of aromatic nitrogens is 1. The number of rotatable bonds is 3. The average Bonchev–Trinajstić information content (AvgIpc) is 2.75. The van der Waals surface area contributed by atoms with Gasteiger partial charge in [0.2, 0.25) is 11.8 Å². The number of carbonyl (C=O) groups is 1. The van der Waals surface area contributed by atoms with Gasteiger partial charge in [-0.05, 0) is 19.3 Å². The SMILES string of the molecule is Cc1nc(CN2CCN(C(=O)[C@H](N)C(C)(C)C)CC2)oc1C. The molecule has 1 aliphatic rings. The molecule has 2 heterocycles. The lowest BCUT2D eigenvalue weighted by molar-refractivity contribution is -0.136. The Kier molecular flexibility index (Phi) is 4.92. The summed E-state index contributed by atoms with van der Waals surface area (Å²) in [5.41, 5.74) is 6.81. The van der Waals surface area contributed by atoms with Crippen molar-refractivity contribution in [3.63, 3.8) is 0 Å². The van der Waals surface area contributed by atoms with Crippen LogP contribution in [0.2, 0.25) is 0 Å². The van der Waals surface area contributed by atoms with E-state index in [4.69, 9.17) is 10.2 Å². The van der Waals surface area contributed by atoms with Gasteiger partial charge in [-0.25, -0.2) is 4.98 Å². The highest BCUT2D eigenvalue weighted by Gasteiger charge is 2.32. The van der Waals surface area contributed by atoms with Crippen LogP contribution in [-0.2, 0) is 11.3 Å². The minimum absolute atomic E-state index is 0.0509. The fourth-order valence-corrected chi connectivity index (χ4v) is 2.49. The van der Waals surface area contributed by atoms with Gasteiger partial charge in [0.15, 0.2) is 0 Å². The van der Waals surface area contributed by atoms with Crippen molar-refractivity contribution in [3.8, 4) is 0 Å². The summed E-state index contributed by atoms with van der Waals surface area (Å²) in [7, 11) is 0. The number of amides is 1. The Bertz CT molecular complexity index is 505. The first-order valence-corrected chi connectivity index (χ1v) is 7.88. The molecule has 2 rings (SSSR count). The van der Waals surface area contributed by atoms with E-state index in [1.807, 2.05) is 39.5 Å². The quantitative estimate of drug-likeness (QED) is 0.911. The predicted octanol–water partition coefficient (Wildman–Crippen LogP) is 1.31. The summed E-state index contributed by atoms with van der Waals surface area (Å²) in [6.07, 6.45) is 0. The molecule has 0 saturated carbocycles. The molecule has 1 aliphatic heterocycles. The van der Waals surface area contributed by atoms with Gasteiger partial charge in [0.1, 0.15) is 5.76 Å². The molecule has 1 aromatic rings. The lowest BCUT2D eigenvalue weighted by atomic mass is 9.86. The summed E-state index contributed by atoms with van der Waals surface area (Å²) in [4.78, 5) is 21.0. The Morgan fingerprint density at radius 2 is 1.86 bits per heavy atom. The monoisotopic (exact) mass is 308 g/mol. The van der Waals surface area contributed by atoms with Crippen LogP contribution in [0.1, 0.15) is 38.1 Å². The molecule has 0 spiro atoms. The zero-order valence-electron chi connectivity index (χ0n) is 14.3. The number of hydrogen-bond acceptors (Lipinski definition) is 5. The van der Waals surface area contributed by atoms with Crippen molar-refractivity contribution in [2.45, 2.75) is 47.2 Å². The molecule has 1 aromatic heterocycles. The number of oxazole rings is 1. The zero-order valence-corrected chi connectivity index (χ0v) is 14.3. The summed E-state index contributed by atoms with van der Waals surface area (Å²) in [6, 6.07) is -0.448. The lowest BCUT2D eigenvalue weighted by Crippen LogP contribution is -2.56. The largest absolute Gasteiger partial charge is 0.444 e. The van der Waals surface area contributed by atoms with Gasteiger partial charge in [0.25, 0.3) is 0 Å².